The third kappa shape index (κ3) is 3.13. The molecule has 21 heavy (non-hydrogen) atoms. The van der Waals surface area contributed by atoms with E-state index in [2.05, 4.69) is 5.32 Å². The van der Waals surface area contributed by atoms with E-state index in [1.54, 1.807) is 6.92 Å². The van der Waals surface area contributed by atoms with Gasteiger partial charge in [-0.2, -0.15) is 0 Å². The van der Waals surface area contributed by atoms with Crippen LogP contribution in [0.5, 0.6) is 0 Å². The Morgan fingerprint density at radius 1 is 1.29 bits per heavy atom. The van der Waals surface area contributed by atoms with E-state index in [9.17, 15) is 14.4 Å². The Hall–Kier alpha value is -2.57. The second kappa shape index (κ2) is 5.43. The van der Waals surface area contributed by atoms with Crippen LogP contribution in [-0.2, 0) is 4.79 Å². The van der Waals surface area contributed by atoms with Crippen molar-refractivity contribution in [3.63, 3.8) is 0 Å². The summed E-state index contributed by atoms with van der Waals surface area (Å²) in [6, 6.07) is 5.53. The molecule has 1 aromatic carbocycles. The largest absolute Gasteiger partial charge is 0.478 e. The summed E-state index contributed by atoms with van der Waals surface area (Å²) in [7, 11) is 0. The third-order valence-electron chi connectivity index (χ3n) is 3.74. The van der Waals surface area contributed by atoms with E-state index in [4.69, 9.17) is 10.8 Å². The Kier molecular flexibility index (Phi) is 3.84. The van der Waals surface area contributed by atoms with E-state index in [1.807, 2.05) is 0 Å². The number of aromatic carboxylic acids is 1. The lowest BCUT2D eigenvalue weighted by Crippen LogP contribution is -2.40. The van der Waals surface area contributed by atoms with Crippen LogP contribution in [0.2, 0.25) is 0 Å². The van der Waals surface area contributed by atoms with Gasteiger partial charge < -0.3 is 21.1 Å². The van der Waals surface area contributed by atoms with Crippen LogP contribution in [0, 0.1) is 5.41 Å². The number of rotatable bonds is 3. The Balaban J connectivity index is 1.99. The average molecular weight is 291 g/mol. The molecule has 1 aliphatic heterocycles. The summed E-state index contributed by atoms with van der Waals surface area (Å²) in [5, 5.41) is 11.5. The van der Waals surface area contributed by atoms with Gasteiger partial charge in [0.1, 0.15) is 0 Å². The van der Waals surface area contributed by atoms with E-state index in [0.29, 0.717) is 18.7 Å². The molecule has 0 radical (unpaired) electrons. The summed E-state index contributed by atoms with van der Waals surface area (Å²) >= 11 is 0. The van der Waals surface area contributed by atoms with Gasteiger partial charge in [0.2, 0.25) is 5.91 Å². The molecule has 0 saturated carbocycles. The molecule has 1 unspecified atom stereocenters. The molecule has 2 rings (SSSR count). The molecule has 1 fully saturated rings. The number of amides is 3. The Morgan fingerprint density at radius 3 is 2.38 bits per heavy atom. The van der Waals surface area contributed by atoms with Gasteiger partial charge in [0.15, 0.2) is 0 Å². The minimum Gasteiger partial charge on any atom is -0.478 e. The number of benzene rings is 1. The van der Waals surface area contributed by atoms with Gasteiger partial charge in [-0.3, -0.25) is 4.79 Å². The Labute approximate surface area is 121 Å². The van der Waals surface area contributed by atoms with Crippen molar-refractivity contribution in [3.8, 4) is 0 Å². The van der Waals surface area contributed by atoms with E-state index in [1.165, 1.54) is 29.2 Å². The number of nitrogens with one attached hydrogen (secondary N) is 1. The average Bonchev–Trinajstić information content (AvgIpc) is 2.83. The minimum absolute atomic E-state index is 0.149. The first-order valence-electron chi connectivity index (χ1n) is 6.51. The highest BCUT2D eigenvalue weighted by Crippen LogP contribution is 2.29. The highest BCUT2D eigenvalue weighted by atomic mass is 16.4. The van der Waals surface area contributed by atoms with Gasteiger partial charge in [-0.05, 0) is 37.6 Å². The summed E-state index contributed by atoms with van der Waals surface area (Å²) in [6.45, 7) is 2.48. The normalized spacial score (nSPS) is 21.1. The van der Waals surface area contributed by atoms with Crippen molar-refractivity contribution >= 4 is 23.6 Å². The van der Waals surface area contributed by atoms with Crippen LogP contribution in [0.25, 0.3) is 0 Å². The smallest absolute Gasteiger partial charge is 0.335 e. The van der Waals surface area contributed by atoms with Crippen LogP contribution in [0.3, 0.4) is 0 Å². The molecule has 112 valence electrons. The Morgan fingerprint density at radius 2 is 1.90 bits per heavy atom. The fourth-order valence-corrected chi connectivity index (χ4v) is 2.23. The molecule has 0 aliphatic carbocycles. The number of nitrogens with two attached hydrogens (primary N) is 1. The zero-order chi connectivity index (χ0) is 15.6. The first kappa shape index (κ1) is 14.8. The first-order chi connectivity index (χ1) is 9.82. The molecule has 3 amide bonds. The highest BCUT2D eigenvalue weighted by molar-refractivity contribution is 5.92. The fourth-order valence-electron chi connectivity index (χ4n) is 2.23. The number of carboxylic acids is 1. The minimum atomic E-state index is -1.02. The van der Waals surface area contributed by atoms with Gasteiger partial charge in [-0.1, -0.05) is 0 Å². The first-order valence-corrected chi connectivity index (χ1v) is 6.51. The Bertz CT molecular complexity index is 584. The maximum Gasteiger partial charge on any atom is 0.335 e. The second-order valence-electron chi connectivity index (χ2n) is 5.41. The second-order valence-corrected chi connectivity index (χ2v) is 5.41. The van der Waals surface area contributed by atoms with E-state index in [-0.39, 0.29) is 18.1 Å². The SMILES string of the molecule is CC1(C(N)=O)CCN(C(=O)Nc2ccc(C(=O)O)cc2)C1. The van der Waals surface area contributed by atoms with Crippen molar-refractivity contribution in [3.05, 3.63) is 29.8 Å². The predicted molar refractivity (Wildman–Crippen MR) is 75.9 cm³/mol. The van der Waals surface area contributed by atoms with Crippen LogP contribution in [0.15, 0.2) is 24.3 Å². The lowest BCUT2D eigenvalue weighted by molar-refractivity contribution is -0.126. The molecule has 1 aliphatic rings. The van der Waals surface area contributed by atoms with Crippen molar-refractivity contribution in [2.24, 2.45) is 11.1 Å². The molecular weight excluding hydrogens is 274 g/mol. The fraction of sp³-hybridized carbons (Fsp3) is 0.357. The number of nitrogens with zero attached hydrogens (tertiary/aromatic N) is 1. The lowest BCUT2D eigenvalue weighted by Gasteiger charge is -2.21. The molecule has 7 heteroatoms. The van der Waals surface area contributed by atoms with Gasteiger partial charge in [0.05, 0.1) is 11.0 Å². The number of primary amides is 1. The maximum absolute atomic E-state index is 12.1. The van der Waals surface area contributed by atoms with E-state index in [0.717, 1.165) is 0 Å². The molecule has 1 aromatic rings. The topological polar surface area (TPSA) is 113 Å². The zero-order valence-corrected chi connectivity index (χ0v) is 11.6. The lowest BCUT2D eigenvalue weighted by atomic mass is 9.89. The van der Waals surface area contributed by atoms with Gasteiger partial charge in [-0.25, -0.2) is 9.59 Å². The number of carbonyl (C=O) groups is 3. The van der Waals surface area contributed by atoms with Crippen LogP contribution < -0.4 is 11.1 Å². The van der Waals surface area contributed by atoms with Crippen molar-refractivity contribution in [1.82, 2.24) is 4.90 Å². The zero-order valence-electron chi connectivity index (χ0n) is 11.6. The molecule has 1 heterocycles. The van der Waals surface area contributed by atoms with Gasteiger partial charge in [-0.15, -0.1) is 0 Å². The van der Waals surface area contributed by atoms with Crippen LogP contribution in [0.4, 0.5) is 10.5 Å². The van der Waals surface area contributed by atoms with Crippen LogP contribution >= 0.6 is 0 Å². The maximum atomic E-state index is 12.1. The van der Waals surface area contributed by atoms with Crippen molar-refractivity contribution < 1.29 is 19.5 Å². The summed E-state index contributed by atoms with van der Waals surface area (Å²) in [5.74, 6) is -1.44. The van der Waals surface area contributed by atoms with Crippen molar-refractivity contribution in [2.45, 2.75) is 13.3 Å². The van der Waals surface area contributed by atoms with Crippen molar-refractivity contribution in [1.29, 1.82) is 0 Å². The number of likely N-dealkylation sites (tertiary alicyclic amines) is 1. The molecular formula is C14H17N3O4. The molecule has 7 nitrogen and oxygen atoms in total. The van der Waals surface area contributed by atoms with Crippen molar-refractivity contribution in [2.75, 3.05) is 18.4 Å². The van der Waals surface area contributed by atoms with Gasteiger partial charge in [0, 0.05) is 18.8 Å². The van der Waals surface area contributed by atoms with Gasteiger partial charge in [0.25, 0.3) is 0 Å². The summed E-state index contributed by atoms with van der Waals surface area (Å²) in [6.07, 6.45) is 0.535. The van der Waals surface area contributed by atoms with Crippen LogP contribution in [0.1, 0.15) is 23.7 Å². The van der Waals surface area contributed by atoms with E-state index >= 15 is 0 Å². The highest BCUT2D eigenvalue weighted by Gasteiger charge is 2.40. The summed E-state index contributed by atoms with van der Waals surface area (Å²) in [4.78, 5) is 35.7. The van der Waals surface area contributed by atoms with Gasteiger partial charge >= 0.3 is 12.0 Å². The number of anilines is 1. The standard InChI is InChI=1S/C14H17N3O4/c1-14(12(15)20)6-7-17(8-14)13(21)16-10-4-2-9(3-5-10)11(18)19/h2-5H,6-8H2,1H3,(H2,15,20)(H,16,21)(H,18,19). The molecule has 4 N–H and O–H groups in total. The number of carbonyl (C=O) groups excluding carboxylic acids is 2. The summed E-state index contributed by atoms with van der Waals surface area (Å²) < 4.78 is 0. The number of hydrogen-bond acceptors (Lipinski definition) is 3. The summed E-state index contributed by atoms with van der Waals surface area (Å²) in [5.41, 5.74) is 5.30. The quantitative estimate of drug-likeness (QED) is 0.774. The molecule has 1 atom stereocenters. The molecule has 0 bridgehead atoms. The molecule has 0 aromatic heterocycles. The predicted octanol–water partition coefficient (Wildman–Crippen LogP) is 1.11. The monoisotopic (exact) mass is 291 g/mol. The molecule has 1 saturated heterocycles. The van der Waals surface area contributed by atoms with E-state index < -0.39 is 17.3 Å². The third-order valence-corrected chi connectivity index (χ3v) is 3.74. The van der Waals surface area contributed by atoms with Crippen LogP contribution in [-0.4, -0.2) is 41.0 Å². The number of hydrogen-bond donors (Lipinski definition) is 3. The number of urea groups is 1. The number of carboxylic acid groups (broad SMARTS) is 1. The molecule has 0 spiro atoms.